The van der Waals surface area contributed by atoms with E-state index in [-0.39, 0.29) is 19.6 Å². The Morgan fingerprint density at radius 3 is 2.10 bits per heavy atom. The van der Waals surface area contributed by atoms with Crippen LogP contribution in [-0.2, 0) is 52.3 Å². The van der Waals surface area contributed by atoms with E-state index in [2.05, 4.69) is 0 Å². The number of fused-ring (bicyclic) bond motifs is 7. The molecule has 7 fully saturated rings. The zero-order valence-corrected chi connectivity index (χ0v) is 33.1. The lowest BCUT2D eigenvalue weighted by molar-refractivity contribution is -0.314. The van der Waals surface area contributed by atoms with Crippen LogP contribution in [0.15, 0.2) is 85.2 Å². The monoisotopic (exact) mass is 812 g/mol. The normalized spacial score (nSPS) is 48.2. The molecule has 2 bridgehead atoms. The quantitative estimate of drug-likeness (QED) is 0.153. The average Bonchev–Trinajstić information content (AvgIpc) is 3.55. The topological polar surface area (TPSA) is 189 Å². The van der Waals surface area contributed by atoms with Gasteiger partial charge in [0.05, 0.1) is 44.9 Å². The first kappa shape index (κ1) is 38.8. The highest BCUT2D eigenvalue weighted by atomic mass is 16.7. The van der Waals surface area contributed by atoms with Crippen molar-refractivity contribution in [3.8, 4) is 0 Å². The Balaban J connectivity index is 1.11. The smallest absolute Gasteiger partial charge is 0.366 e. The van der Waals surface area contributed by atoms with E-state index in [1.54, 1.807) is 25.2 Å². The maximum Gasteiger partial charge on any atom is 0.366 e. The van der Waals surface area contributed by atoms with Crippen LogP contribution >= 0.6 is 0 Å². The van der Waals surface area contributed by atoms with E-state index in [0.717, 1.165) is 18.2 Å². The second-order valence-corrected chi connectivity index (χ2v) is 18.1. The maximum absolute atomic E-state index is 14.1. The van der Waals surface area contributed by atoms with E-state index in [9.17, 15) is 29.7 Å². The summed E-state index contributed by atoms with van der Waals surface area (Å²) in [4.78, 5) is 41.8. The Labute approximate surface area is 340 Å². The average molecular weight is 813 g/mol. The van der Waals surface area contributed by atoms with Crippen molar-refractivity contribution in [2.45, 2.75) is 93.0 Å². The van der Waals surface area contributed by atoms with Crippen LogP contribution in [0.25, 0.3) is 12.2 Å². The minimum atomic E-state index is -2.72. The maximum atomic E-state index is 14.1. The molecule has 0 amide bonds. The summed E-state index contributed by atoms with van der Waals surface area (Å²) in [5, 5.41) is 37.9. The summed E-state index contributed by atoms with van der Waals surface area (Å²) in [5.74, 6) is -8.02. The number of epoxide rings is 1. The van der Waals surface area contributed by atoms with Crippen LogP contribution in [0.5, 0.6) is 0 Å². The second kappa shape index (κ2) is 12.8. The number of aliphatic hydroxyl groups is 3. The number of carbonyl (C=O) groups is 3. The molecule has 0 radical (unpaired) electrons. The van der Waals surface area contributed by atoms with E-state index in [4.69, 9.17) is 37.9 Å². The van der Waals surface area contributed by atoms with Crippen molar-refractivity contribution >= 4 is 30.1 Å². The van der Waals surface area contributed by atoms with Crippen LogP contribution in [-0.4, -0.2) is 113 Å². The van der Waals surface area contributed by atoms with Gasteiger partial charge in [-0.3, -0.25) is 0 Å². The molecule has 3 N–H and O–H groups in total. The van der Waals surface area contributed by atoms with Gasteiger partial charge in [-0.2, -0.15) is 0 Å². The van der Waals surface area contributed by atoms with Gasteiger partial charge in [0.2, 0.25) is 6.29 Å². The third kappa shape index (κ3) is 4.84. The Kier molecular flexibility index (Phi) is 8.41. The lowest BCUT2D eigenvalue weighted by atomic mass is 9.37. The van der Waals surface area contributed by atoms with Crippen molar-refractivity contribution in [3.05, 3.63) is 96.3 Å². The van der Waals surface area contributed by atoms with Crippen molar-refractivity contribution in [1.29, 1.82) is 0 Å². The Morgan fingerprint density at radius 2 is 1.47 bits per heavy atom. The zero-order valence-electron chi connectivity index (χ0n) is 33.1. The van der Waals surface area contributed by atoms with Gasteiger partial charge in [-0.15, -0.1) is 0 Å². The molecule has 3 saturated carbocycles. The van der Waals surface area contributed by atoms with E-state index < -0.39 is 111 Å². The minimum absolute atomic E-state index is 0.00363. The summed E-state index contributed by atoms with van der Waals surface area (Å²) >= 11 is 0. The number of ether oxygens (including phenoxy) is 8. The van der Waals surface area contributed by atoms with Crippen molar-refractivity contribution in [2.24, 2.45) is 34.0 Å². The summed E-state index contributed by atoms with van der Waals surface area (Å²) in [6.07, 6.45) is 2.56. The fraction of sp³-hybridized carbons (Fsp3) is 0.533. The SMILES string of the molecule is COC(=O)[C@@]1(O)OC[C@@]23[C@@H](OC(=O)/C=C/c4ccccc4)C[C@@H](OC(=O)/C=C/c4ccccc4)[C@@]4(C)CO[C@@H]([C@@H](O)[C@@](C)([C@]56O[C@@]5(C)[C@H]5C[C@@H]6O[C@@H]6OC=C[C@@]65O)[C@@H]21)[C@@H]43. The van der Waals surface area contributed by atoms with Crippen LogP contribution in [0.4, 0.5) is 0 Å². The highest BCUT2D eigenvalue weighted by Crippen LogP contribution is 2.83. The van der Waals surface area contributed by atoms with Crippen molar-refractivity contribution in [2.75, 3.05) is 20.3 Å². The second-order valence-electron chi connectivity index (χ2n) is 18.1. The molecule has 59 heavy (non-hydrogen) atoms. The molecule has 1 spiro atoms. The van der Waals surface area contributed by atoms with Gasteiger partial charge in [-0.05, 0) is 42.7 Å². The van der Waals surface area contributed by atoms with Crippen LogP contribution in [0.3, 0.4) is 0 Å². The van der Waals surface area contributed by atoms with Crippen LogP contribution in [0.1, 0.15) is 44.7 Å². The standard InChI is InChI=1S/C45H48O14/c1-39-23-54-33-34(39)42(29(57-32(47)18-16-26-13-9-6-10-14-26)22-28(39)56-31(46)17-15-25-11-7-5-8-12-25)24-55-44(51,37(49)52-4)36(42)40(2,35(33)48)45-30-21-27(41(45,3)59-45)43(50)19-20-53-38(43)58-30/h5-20,27-30,33-36,38,48,50-51H,21-24H2,1-4H3/b17-15+,18-16+/t27-,28-,29+,30+,33-,34+,35-,36+,38+,39-,40-,41+,42+,43+,44+,45+/m1/s1. The largest absolute Gasteiger partial charge is 0.469 e. The van der Waals surface area contributed by atoms with E-state index in [1.165, 1.54) is 18.4 Å². The van der Waals surface area contributed by atoms with Gasteiger partial charge in [0, 0.05) is 52.6 Å². The molecule has 14 heteroatoms. The molecule has 4 saturated heterocycles. The fourth-order valence-corrected chi connectivity index (χ4v) is 13.3. The number of esters is 3. The van der Waals surface area contributed by atoms with Gasteiger partial charge in [-0.1, -0.05) is 74.5 Å². The molecule has 2 aromatic rings. The van der Waals surface area contributed by atoms with Gasteiger partial charge < -0.3 is 53.2 Å². The Hall–Kier alpha value is -4.41. The van der Waals surface area contributed by atoms with Gasteiger partial charge in [0.25, 0.3) is 5.79 Å². The summed E-state index contributed by atoms with van der Waals surface area (Å²) < 4.78 is 50.0. The number of hydrogen-bond donors (Lipinski definition) is 3. The van der Waals surface area contributed by atoms with Crippen LogP contribution in [0, 0.1) is 34.0 Å². The van der Waals surface area contributed by atoms with E-state index in [1.807, 2.05) is 74.5 Å². The number of carbonyl (C=O) groups excluding carboxylic acids is 3. The molecular formula is C45H48O14. The molecule has 2 aromatic carbocycles. The minimum Gasteiger partial charge on any atom is -0.469 e. The molecule has 312 valence electrons. The molecule has 14 nitrogen and oxygen atoms in total. The van der Waals surface area contributed by atoms with Crippen LogP contribution in [0.2, 0.25) is 0 Å². The van der Waals surface area contributed by atoms with Crippen molar-refractivity contribution in [3.63, 3.8) is 0 Å². The summed E-state index contributed by atoms with van der Waals surface area (Å²) in [7, 11) is 1.13. The highest BCUT2D eigenvalue weighted by molar-refractivity contribution is 5.88. The summed E-state index contributed by atoms with van der Waals surface area (Å²) in [5.41, 5.74) is -6.90. The first-order chi connectivity index (χ1) is 28.1. The molecular weight excluding hydrogens is 764 g/mol. The highest BCUT2D eigenvalue weighted by Gasteiger charge is 2.96. The predicted molar refractivity (Wildman–Crippen MR) is 204 cm³/mol. The van der Waals surface area contributed by atoms with Gasteiger partial charge >= 0.3 is 17.9 Å². The van der Waals surface area contributed by atoms with E-state index in [0.29, 0.717) is 6.42 Å². The number of methoxy groups -OCH3 is 1. The third-order valence-corrected chi connectivity index (χ3v) is 15.6. The number of rotatable bonds is 8. The zero-order chi connectivity index (χ0) is 41.4. The molecule has 0 aromatic heterocycles. The number of aliphatic hydroxyl groups excluding tert-OH is 1. The molecule has 16 atom stereocenters. The molecule has 0 unspecified atom stereocenters. The van der Waals surface area contributed by atoms with Crippen molar-refractivity contribution in [1.82, 2.24) is 0 Å². The van der Waals surface area contributed by atoms with E-state index >= 15 is 0 Å². The first-order valence-corrected chi connectivity index (χ1v) is 20.2. The predicted octanol–water partition coefficient (Wildman–Crippen LogP) is 3.08. The number of benzene rings is 2. The lowest BCUT2D eigenvalue weighted by Gasteiger charge is -2.66. The summed E-state index contributed by atoms with van der Waals surface area (Å²) in [6.45, 7) is 5.12. The molecule has 5 aliphatic heterocycles. The van der Waals surface area contributed by atoms with Gasteiger partial charge in [0.15, 0.2) is 5.60 Å². The Morgan fingerprint density at radius 1 is 0.847 bits per heavy atom. The van der Waals surface area contributed by atoms with Crippen LogP contribution < -0.4 is 0 Å². The third-order valence-electron chi connectivity index (χ3n) is 15.6. The van der Waals surface area contributed by atoms with Gasteiger partial charge in [-0.25, -0.2) is 14.4 Å². The molecule has 3 aliphatic carbocycles. The summed E-state index contributed by atoms with van der Waals surface area (Å²) in [6, 6.07) is 18.5. The molecule has 5 heterocycles. The first-order valence-electron chi connectivity index (χ1n) is 20.2. The molecule has 10 rings (SSSR count). The Bertz CT molecular complexity index is 2160. The lowest BCUT2D eigenvalue weighted by Crippen LogP contribution is -2.78. The van der Waals surface area contributed by atoms with Gasteiger partial charge in [0.1, 0.15) is 23.4 Å². The molecule has 8 aliphatic rings. The number of hydrogen-bond acceptors (Lipinski definition) is 14. The fourth-order valence-electron chi connectivity index (χ4n) is 13.3. The van der Waals surface area contributed by atoms with Crippen molar-refractivity contribution < 1.29 is 67.6 Å².